The third-order valence-electron chi connectivity index (χ3n) is 4.24. The van der Waals surface area contributed by atoms with Crippen molar-refractivity contribution in [1.29, 1.82) is 0 Å². The average Bonchev–Trinajstić information content (AvgIpc) is 2.64. The van der Waals surface area contributed by atoms with E-state index in [4.69, 9.17) is 13.9 Å². The Bertz CT molecular complexity index is 964. The molecule has 2 aromatic carbocycles. The Morgan fingerprint density at radius 3 is 2.58 bits per heavy atom. The number of aliphatic hydroxyl groups excluding tert-OH is 2. The number of rotatable bonds is 6. The molecule has 0 spiro atoms. The van der Waals surface area contributed by atoms with Crippen LogP contribution in [0.15, 0.2) is 45.6 Å². The highest BCUT2D eigenvalue weighted by Crippen LogP contribution is 2.27. The van der Waals surface area contributed by atoms with Gasteiger partial charge in [-0.05, 0) is 47.9 Å². The standard InChI is InChI=1S/C20H20O6/c1-12-5-20(23)26-19-8-15(3-4-16(12)19)25-11-13-6-14(9-21)17(10-22)18(7-13)24-2/h3-8,21-22H,9-11H2,1-2H3. The van der Waals surface area contributed by atoms with E-state index < -0.39 is 5.63 Å². The van der Waals surface area contributed by atoms with Crippen molar-refractivity contribution in [3.8, 4) is 11.5 Å². The van der Waals surface area contributed by atoms with E-state index in [2.05, 4.69) is 0 Å². The maximum Gasteiger partial charge on any atom is 0.336 e. The van der Waals surface area contributed by atoms with Crippen LogP contribution in [0, 0.1) is 6.92 Å². The second-order valence-electron chi connectivity index (χ2n) is 5.95. The predicted molar refractivity (Wildman–Crippen MR) is 96.4 cm³/mol. The van der Waals surface area contributed by atoms with Crippen LogP contribution in [-0.2, 0) is 19.8 Å². The van der Waals surface area contributed by atoms with Gasteiger partial charge in [-0.25, -0.2) is 4.79 Å². The summed E-state index contributed by atoms with van der Waals surface area (Å²) in [5.74, 6) is 1.06. The summed E-state index contributed by atoms with van der Waals surface area (Å²) >= 11 is 0. The van der Waals surface area contributed by atoms with E-state index in [1.54, 1.807) is 18.2 Å². The molecule has 6 nitrogen and oxygen atoms in total. The number of aliphatic hydroxyl groups is 2. The van der Waals surface area contributed by atoms with Crippen molar-refractivity contribution >= 4 is 11.0 Å². The minimum Gasteiger partial charge on any atom is -0.496 e. The number of hydrogen-bond acceptors (Lipinski definition) is 6. The van der Waals surface area contributed by atoms with Crippen molar-refractivity contribution in [2.75, 3.05) is 7.11 Å². The van der Waals surface area contributed by atoms with Gasteiger partial charge in [-0.2, -0.15) is 0 Å². The van der Waals surface area contributed by atoms with Crippen molar-refractivity contribution in [3.05, 3.63) is 69.1 Å². The van der Waals surface area contributed by atoms with Gasteiger partial charge in [0.1, 0.15) is 23.7 Å². The highest BCUT2D eigenvalue weighted by atomic mass is 16.5. The molecule has 0 bridgehead atoms. The van der Waals surface area contributed by atoms with Gasteiger partial charge in [0.2, 0.25) is 0 Å². The van der Waals surface area contributed by atoms with E-state index in [1.165, 1.54) is 13.2 Å². The van der Waals surface area contributed by atoms with Crippen LogP contribution < -0.4 is 15.1 Å². The van der Waals surface area contributed by atoms with Gasteiger partial charge in [0.25, 0.3) is 0 Å². The van der Waals surface area contributed by atoms with Crippen LogP contribution in [0.25, 0.3) is 11.0 Å². The third kappa shape index (κ3) is 3.56. The van der Waals surface area contributed by atoms with Crippen LogP contribution in [0.4, 0.5) is 0 Å². The zero-order valence-corrected chi connectivity index (χ0v) is 14.6. The minimum atomic E-state index is -0.399. The second-order valence-corrected chi connectivity index (χ2v) is 5.95. The summed E-state index contributed by atoms with van der Waals surface area (Å²) in [6, 6.07) is 10.3. The van der Waals surface area contributed by atoms with Crippen LogP contribution >= 0.6 is 0 Å². The molecule has 0 amide bonds. The van der Waals surface area contributed by atoms with Crippen LogP contribution in [0.3, 0.4) is 0 Å². The molecule has 3 rings (SSSR count). The highest BCUT2D eigenvalue weighted by molar-refractivity contribution is 5.81. The maximum absolute atomic E-state index is 11.5. The molecule has 0 unspecified atom stereocenters. The number of benzene rings is 2. The summed E-state index contributed by atoms with van der Waals surface area (Å²) in [6.45, 7) is 1.66. The quantitative estimate of drug-likeness (QED) is 0.660. The Hall–Kier alpha value is -2.83. The van der Waals surface area contributed by atoms with Crippen LogP contribution in [0.2, 0.25) is 0 Å². The second kappa shape index (κ2) is 7.59. The fourth-order valence-corrected chi connectivity index (χ4v) is 2.91. The summed E-state index contributed by atoms with van der Waals surface area (Å²) in [4.78, 5) is 11.5. The SMILES string of the molecule is COc1cc(COc2ccc3c(C)cc(=O)oc3c2)cc(CO)c1CO. The topological polar surface area (TPSA) is 89.1 Å². The van der Waals surface area contributed by atoms with E-state index in [0.29, 0.717) is 28.2 Å². The maximum atomic E-state index is 11.5. The van der Waals surface area contributed by atoms with Gasteiger partial charge in [0.15, 0.2) is 0 Å². The molecular formula is C20H20O6. The number of aryl methyl sites for hydroxylation is 1. The average molecular weight is 356 g/mol. The monoisotopic (exact) mass is 356 g/mol. The molecule has 2 N–H and O–H groups in total. The molecule has 26 heavy (non-hydrogen) atoms. The van der Waals surface area contributed by atoms with Crippen LogP contribution in [0.5, 0.6) is 11.5 Å². The molecule has 0 radical (unpaired) electrons. The lowest BCUT2D eigenvalue weighted by molar-refractivity contribution is 0.252. The van der Waals surface area contributed by atoms with Crippen molar-refractivity contribution in [1.82, 2.24) is 0 Å². The first-order chi connectivity index (χ1) is 12.5. The molecule has 1 aromatic heterocycles. The van der Waals surface area contributed by atoms with Crippen molar-refractivity contribution in [2.24, 2.45) is 0 Å². The first kappa shape index (κ1) is 18.0. The van der Waals surface area contributed by atoms with E-state index in [9.17, 15) is 15.0 Å². The smallest absolute Gasteiger partial charge is 0.336 e. The molecular weight excluding hydrogens is 336 g/mol. The largest absolute Gasteiger partial charge is 0.496 e. The molecule has 0 aliphatic heterocycles. The molecule has 0 atom stereocenters. The van der Waals surface area contributed by atoms with Crippen molar-refractivity contribution < 1.29 is 24.1 Å². The lowest BCUT2D eigenvalue weighted by atomic mass is 10.0. The number of ether oxygens (including phenoxy) is 2. The molecule has 0 fully saturated rings. The normalized spacial score (nSPS) is 10.9. The predicted octanol–water partition coefficient (Wildman–Crippen LogP) is 2.67. The van der Waals surface area contributed by atoms with Gasteiger partial charge < -0.3 is 24.1 Å². The number of fused-ring (bicyclic) bond motifs is 1. The molecule has 3 aromatic rings. The zero-order chi connectivity index (χ0) is 18.7. The van der Waals surface area contributed by atoms with Crippen molar-refractivity contribution in [3.63, 3.8) is 0 Å². The van der Waals surface area contributed by atoms with Crippen LogP contribution in [0.1, 0.15) is 22.3 Å². The van der Waals surface area contributed by atoms with Gasteiger partial charge in [-0.3, -0.25) is 0 Å². The number of hydrogen-bond donors (Lipinski definition) is 2. The fourth-order valence-electron chi connectivity index (χ4n) is 2.91. The van der Waals surface area contributed by atoms with E-state index in [1.807, 2.05) is 19.1 Å². The number of methoxy groups -OCH3 is 1. The molecule has 0 aliphatic carbocycles. The van der Waals surface area contributed by atoms with Gasteiger partial charge in [-0.15, -0.1) is 0 Å². The minimum absolute atomic E-state index is 0.208. The first-order valence-corrected chi connectivity index (χ1v) is 8.13. The molecule has 0 saturated heterocycles. The summed E-state index contributed by atoms with van der Waals surface area (Å²) in [7, 11) is 1.51. The fraction of sp³-hybridized carbons (Fsp3) is 0.250. The Morgan fingerprint density at radius 1 is 1.08 bits per heavy atom. The molecule has 0 aliphatic rings. The summed E-state index contributed by atoms with van der Waals surface area (Å²) < 4.78 is 16.3. The van der Waals surface area contributed by atoms with Crippen LogP contribution in [-0.4, -0.2) is 17.3 Å². The molecule has 6 heteroatoms. The Kier molecular flexibility index (Phi) is 5.25. The van der Waals surface area contributed by atoms with Gasteiger partial charge >= 0.3 is 5.63 Å². The zero-order valence-electron chi connectivity index (χ0n) is 14.6. The molecule has 0 saturated carbocycles. The summed E-state index contributed by atoms with van der Waals surface area (Å²) in [6.07, 6.45) is 0. The summed E-state index contributed by atoms with van der Waals surface area (Å²) in [5, 5.41) is 19.8. The van der Waals surface area contributed by atoms with Gasteiger partial charge in [-0.1, -0.05) is 0 Å². The van der Waals surface area contributed by atoms with Crippen molar-refractivity contribution in [2.45, 2.75) is 26.7 Å². The van der Waals surface area contributed by atoms with E-state index in [0.717, 1.165) is 16.5 Å². The highest BCUT2D eigenvalue weighted by Gasteiger charge is 2.11. The Balaban J connectivity index is 1.87. The molecule has 1 heterocycles. The third-order valence-corrected chi connectivity index (χ3v) is 4.24. The lowest BCUT2D eigenvalue weighted by Crippen LogP contribution is -2.03. The Morgan fingerprint density at radius 2 is 1.88 bits per heavy atom. The first-order valence-electron chi connectivity index (χ1n) is 8.13. The summed E-state index contributed by atoms with van der Waals surface area (Å²) in [5.41, 5.74) is 2.85. The van der Waals surface area contributed by atoms with E-state index in [-0.39, 0.29) is 19.8 Å². The van der Waals surface area contributed by atoms with E-state index >= 15 is 0 Å². The van der Waals surface area contributed by atoms with Gasteiger partial charge in [0.05, 0.1) is 20.3 Å². The van der Waals surface area contributed by atoms with Gasteiger partial charge in [0, 0.05) is 23.1 Å². The Labute approximate surface area is 150 Å². The lowest BCUT2D eigenvalue weighted by Gasteiger charge is -2.14. The molecule has 136 valence electrons.